The van der Waals surface area contributed by atoms with Crippen molar-refractivity contribution < 1.29 is 0 Å². The molecule has 3 N–H and O–H groups in total. The van der Waals surface area contributed by atoms with Gasteiger partial charge in [0.25, 0.3) is 0 Å². The van der Waals surface area contributed by atoms with Gasteiger partial charge >= 0.3 is 0 Å². The van der Waals surface area contributed by atoms with E-state index in [9.17, 15) is 0 Å². The van der Waals surface area contributed by atoms with E-state index in [1.165, 1.54) is 22.3 Å². The maximum absolute atomic E-state index is 3.55. The summed E-state index contributed by atoms with van der Waals surface area (Å²) in [6.45, 7) is 0. The molecule has 2 aromatic carbocycles. The van der Waals surface area contributed by atoms with Crippen LogP contribution in [0.3, 0.4) is 0 Å². The predicted molar refractivity (Wildman–Crippen MR) is 100 cm³/mol. The smallest absolute Gasteiger partial charge is 0.144 e. The molecule has 24 heavy (non-hydrogen) atoms. The van der Waals surface area contributed by atoms with Gasteiger partial charge in [0.1, 0.15) is 6.17 Å². The summed E-state index contributed by atoms with van der Waals surface area (Å²) < 4.78 is 1.05. The average molecular weight is 379 g/mol. The number of hydrogen-bond donors (Lipinski definition) is 3. The van der Waals surface area contributed by atoms with E-state index in [1.54, 1.807) is 0 Å². The molecule has 0 spiro atoms. The summed E-state index contributed by atoms with van der Waals surface area (Å²) in [5.41, 5.74) is 13.9. The number of benzene rings is 2. The third-order valence-corrected chi connectivity index (χ3v) is 5.06. The van der Waals surface area contributed by atoms with E-state index >= 15 is 0 Å². The van der Waals surface area contributed by atoms with Gasteiger partial charge in [0.2, 0.25) is 0 Å². The first-order valence-corrected chi connectivity index (χ1v) is 8.65. The van der Waals surface area contributed by atoms with Gasteiger partial charge in [-0.15, -0.1) is 5.53 Å². The van der Waals surface area contributed by atoms with Crippen LogP contribution in [0.5, 0.6) is 0 Å². The highest BCUT2D eigenvalue weighted by molar-refractivity contribution is 9.10. The van der Waals surface area contributed by atoms with Crippen molar-refractivity contribution in [3.63, 3.8) is 0 Å². The summed E-state index contributed by atoms with van der Waals surface area (Å²) >= 11 is 3.55. The molecule has 4 nitrogen and oxygen atoms in total. The minimum absolute atomic E-state index is 0.0429. The van der Waals surface area contributed by atoms with Gasteiger partial charge < -0.3 is 10.7 Å². The molecular weight excluding hydrogens is 364 g/mol. The van der Waals surface area contributed by atoms with E-state index in [4.69, 9.17) is 0 Å². The van der Waals surface area contributed by atoms with Gasteiger partial charge in [-0.3, -0.25) is 5.01 Å². The predicted octanol–water partition coefficient (Wildman–Crippen LogP) is 3.53. The van der Waals surface area contributed by atoms with Crippen LogP contribution >= 0.6 is 15.9 Å². The van der Waals surface area contributed by atoms with Gasteiger partial charge in [0, 0.05) is 21.8 Å². The lowest BCUT2D eigenvalue weighted by molar-refractivity contribution is 0.483. The number of fused-ring (bicyclic) bond motifs is 2. The van der Waals surface area contributed by atoms with Crippen molar-refractivity contribution in [2.24, 2.45) is 0 Å². The van der Waals surface area contributed by atoms with E-state index in [-0.39, 0.29) is 6.17 Å². The molecule has 0 radical (unpaired) electrons. The summed E-state index contributed by atoms with van der Waals surface area (Å²) in [6, 6.07) is 16.7. The summed E-state index contributed by atoms with van der Waals surface area (Å²) in [6.07, 6.45) is 6.48. The molecule has 1 atom stereocenters. The lowest BCUT2D eigenvalue weighted by Gasteiger charge is -2.38. The molecule has 2 heterocycles. The second kappa shape index (κ2) is 5.26. The van der Waals surface area contributed by atoms with Crippen molar-refractivity contribution in [1.29, 1.82) is 0 Å². The van der Waals surface area contributed by atoms with Crippen molar-refractivity contribution in [3.8, 4) is 0 Å². The first kappa shape index (κ1) is 13.9. The molecule has 5 heteroatoms. The number of nitrogens with zero attached hydrogens (tertiary/aromatic N) is 1. The molecule has 1 unspecified atom stereocenters. The Morgan fingerprint density at radius 2 is 1.92 bits per heavy atom. The van der Waals surface area contributed by atoms with Gasteiger partial charge in [0.15, 0.2) is 0 Å². The van der Waals surface area contributed by atoms with Crippen molar-refractivity contribution in [2.45, 2.75) is 6.17 Å². The monoisotopic (exact) mass is 378 g/mol. The van der Waals surface area contributed by atoms with E-state index < -0.39 is 0 Å². The lowest BCUT2D eigenvalue weighted by Crippen LogP contribution is -2.59. The Bertz CT molecular complexity index is 928. The maximum Gasteiger partial charge on any atom is 0.144 e. The third-order valence-electron chi connectivity index (χ3n) is 4.57. The Morgan fingerprint density at radius 3 is 2.83 bits per heavy atom. The van der Waals surface area contributed by atoms with Crippen LogP contribution in [0, 0.1) is 0 Å². The first-order chi connectivity index (χ1) is 11.8. The van der Waals surface area contributed by atoms with E-state index in [1.807, 2.05) is 12.1 Å². The molecular formula is C19H15BrN4. The molecule has 0 bridgehead atoms. The fourth-order valence-electron chi connectivity index (χ4n) is 3.46. The Labute approximate surface area is 148 Å². The van der Waals surface area contributed by atoms with E-state index in [2.05, 4.69) is 92.0 Å². The topological polar surface area (TPSA) is 39.3 Å². The number of halogens is 1. The highest BCUT2D eigenvalue weighted by Gasteiger charge is 2.36. The van der Waals surface area contributed by atoms with Crippen LogP contribution in [0.25, 0.3) is 11.8 Å². The van der Waals surface area contributed by atoms with E-state index in [0.29, 0.717) is 0 Å². The van der Waals surface area contributed by atoms with Crippen LogP contribution in [0.2, 0.25) is 0 Å². The van der Waals surface area contributed by atoms with Gasteiger partial charge in [0.05, 0.1) is 11.4 Å². The molecule has 0 fully saturated rings. The van der Waals surface area contributed by atoms with E-state index in [0.717, 1.165) is 15.9 Å². The van der Waals surface area contributed by atoms with Crippen molar-refractivity contribution in [1.82, 2.24) is 16.3 Å². The maximum atomic E-state index is 3.55. The van der Waals surface area contributed by atoms with Crippen LogP contribution in [0.4, 0.5) is 5.69 Å². The van der Waals surface area contributed by atoms with Crippen molar-refractivity contribution >= 4 is 33.4 Å². The van der Waals surface area contributed by atoms with Crippen LogP contribution < -0.4 is 21.3 Å². The second-order valence-electron chi connectivity index (χ2n) is 5.96. The zero-order chi connectivity index (χ0) is 16.1. The SMILES string of the molecule is Brc1cccc(N2NNC3=C4C(=CNC42)C=Cc2ccccc23)c1. The first-order valence-electron chi connectivity index (χ1n) is 7.86. The summed E-state index contributed by atoms with van der Waals surface area (Å²) in [5.74, 6) is 0. The molecule has 0 aromatic heterocycles. The molecule has 3 aliphatic rings. The second-order valence-corrected chi connectivity index (χ2v) is 6.88. The fraction of sp³-hybridized carbons (Fsp3) is 0.0526. The van der Waals surface area contributed by atoms with Gasteiger partial charge in [-0.1, -0.05) is 58.4 Å². The van der Waals surface area contributed by atoms with Crippen LogP contribution in [0.15, 0.2) is 76.4 Å². The zero-order valence-corrected chi connectivity index (χ0v) is 14.3. The Hall–Kier alpha value is -2.50. The lowest BCUT2D eigenvalue weighted by atomic mass is 9.99. The molecule has 0 amide bonds. The molecule has 118 valence electrons. The van der Waals surface area contributed by atoms with Gasteiger partial charge in [-0.05, 0) is 29.3 Å². The molecule has 0 saturated carbocycles. The van der Waals surface area contributed by atoms with Crippen LogP contribution in [-0.4, -0.2) is 6.17 Å². The highest BCUT2D eigenvalue weighted by atomic mass is 79.9. The Balaban J connectivity index is 1.65. The standard InChI is InChI=1S/C19H15BrN4/c20-14-5-3-6-15(10-14)24-19-17-13(11-21-19)9-8-12-4-1-2-7-16(12)18(17)22-23-24/h1-11,19,21-23H. The Morgan fingerprint density at radius 1 is 1.00 bits per heavy atom. The normalized spacial score (nSPS) is 20.6. The zero-order valence-electron chi connectivity index (χ0n) is 12.8. The minimum atomic E-state index is 0.0429. The third kappa shape index (κ3) is 2.02. The summed E-state index contributed by atoms with van der Waals surface area (Å²) in [7, 11) is 0. The number of hydrogen-bond acceptors (Lipinski definition) is 4. The molecule has 0 saturated heterocycles. The van der Waals surface area contributed by atoms with Gasteiger partial charge in [-0.2, -0.15) is 0 Å². The molecule has 5 rings (SSSR count). The van der Waals surface area contributed by atoms with Crippen molar-refractivity contribution in [3.05, 3.63) is 87.6 Å². The van der Waals surface area contributed by atoms with Gasteiger partial charge in [-0.25, -0.2) is 0 Å². The van der Waals surface area contributed by atoms with Crippen LogP contribution in [-0.2, 0) is 0 Å². The Kier molecular flexibility index (Phi) is 3.04. The number of anilines is 1. The number of nitrogens with one attached hydrogen (secondary N) is 3. The molecule has 2 aliphatic heterocycles. The minimum Gasteiger partial charge on any atom is -0.366 e. The molecule has 1 aliphatic carbocycles. The number of allylic oxidation sites excluding steroid dienone is 1. The molecule has 2 aromatic rings. The summed E-state index contributed by atoms with van der Waals surface area (Å²) in [5, 5.41) is 5.60. The van der Waals surface area contributed by atoms with Crippen molar-refractivity contribution in [2.75, 3.05) is 5.01 Å². The average Bonchev–Trinajstić information content (AvgIpc) is 2.96. The largest absolute Gasteiger partial charge is 0.366 e. The van der Waals surface area contributed by atoms with Crippen LogP contribution in [0.1, 0.15) is 11.1 Å². The summed E-state index contributed by atoms with van der Waals surface area (Å²) in [4.78, 5) is 0. The fourth-order valence-corrected chi connectivity index (χ4v) is 3.85. The number of rotatable bonds is 1. The highest BCUT2D eigenvalue weighted by Crippen LogP contribution is 2.38. The number of hydrazine groups is 2. The quantitative estimate of drug-likeness (QED) is 0.709.